The highest BCUT2D eigenvalue weighted by Crippen LogP contribution is 2.18. The van der Waals surface area contributed by atoms with Gasteiger partial charge in [-0.3, -0.25) is 0 Å². The monoisotopic (exact) mass is 278 g/mol. The Labute approximate surface area is 122 Å². The second-order valence-electron chi connectivity index (χ2n) is 5.53. The molecule has 0 radical (unpaired) electrons. The van der Waals surface area contributed by atoms with Crippen molar-refractivity contribution in [2.45, 2.75) is 31.8 Å². The first-order chi connectivity index (χ1) is 9.28. The Morgan fingerprint density at radius 3 is 2.53 bits per heavy atom. The van der Waals surface area contributed by atoms with Crippen LogP contribution in [-0.4, -0.2) is 43.1 Å². The van der Waals surface area contributed by atoms with E-state index < -0.39 is 0 Å². The summed E-state index contributed by atoms with van der Waals surface area (Å²) in [7, 11) is 2.20. The van der Waals surface area contributed by atoms with Crippen LogP contribution < -0.4 is 5.32 Å². The van der Waals surface area contributed by atoms with Gasteiger partial charge in [-0.1, -0.05) is 24.3 Å². The van der Waals surface area contributed by atoms with E-state index >= 15 is 0 Å². The third-order valence-electron chi connectivity index (χ3n) is 3.58. The molecule has 1 aliphatic carbocycles. The fraction of sp³-hybridized carbons (Fsp3) is 0.625. The number of nitrogens with one attached hydrogen (secondary N) is 1. The van der Waals surface area contributed by atoms with Crippen LogP contribution in [-0.2, 0) is 13.0 Å². The van der Waals surface area contributed by atoms with Crippen LogP contribution in [0.2, 0.25) is 0 Å². The maximum atomic E-state index is 3.56. The highest BCUT2D eigenvalue weighted by molar-refractivity contribution is 7.98. The molecule has 2 rings (SSSR count). The van der Waals surface area contributed by atoms with Gasteiger partial charge in [0.2, 0.25) is 0 Å². The Kier molecular flexibility index (Phi) is 6.21. The normalized spacial score (nSPS) is 15.1. The van der Waals surface area contributed by atoms with Crippen LogP contribution in [0.3, 0.4) is 0 Å². The van der Waals surface area contributed by atoms with Crippen molar-refractivity contribution < 1.29 is 0 Å². The number of benzene rings is 1. The van der Waals surface area contributed by atoms with E-state index in [0.29, 0.717) is 0 Å². The average molecular weight is 278 g/mol. The van der Waals surface area contributed by atoms with Crippen molar-refractivity contribution in [2.75, 3.05) is 32.1 Å². The lowest BCUT2D eigenvalue weighted by atomic mass is 10.1. The van der Waals surface area contributed by atoms with E-state index in [-0.39, 0.29) is 0 Å². The molecule has 106 valence electrons. The molecule has 0 atom stereocenters. The molecule has 1 aromatic rings. The quantitative estimate of drug-likeness (QED) is 0.748. The first kappa shape index (κ1) is 14.9. The summed E-state index contributed by atoms with van der Waals surface area (Å²) in [5, 5.41) is 3.56. The fourth-order valence-electron chi connectivity index (χ4n) is 2.16. The Morgan fingerprint density at radius 2 is 1.89 bits per heavy atom. The van der Waals surface area contributed by atoms with Gasteiger partial charge < -0.3 is 10.2 Å². The molecule has 0 aromatic heterocycles. The summed E-state index contributed by atoms with van der Waals surface area (Å²) in [5.41, 5.74) is 2.87. The summed E-state index contributed by atoms with van der Waals surface area (Å²) in [6.07, 6.45) is 6.07. The molecule has 1 saturated carbocycles. The standard InChI is InChI=1S/C16H26N2S/c1-18(11-12-19-2)13-15-5-3-14(4-6-15)9-10-17-16-7-8-16/h3-6,16-17H,7-13H2,1-2H3. The van der Waals surface area contributed by atoms with E-state index in [2.05, 4.69) is 47.8 Å². The fourth-order valence-corrected chi connectivity index (χ4v) is 2.65. The zero-order chi connectivity index (χ0) is 13.5. The molecule has 0 bridgehead atoms. The minimum atomic E-state index is 0.823. The third-order valence-corrected chi connectivity index (χ3v) is 4.17. The minimum Gasteiger partial charge on any atom is -0.314 e. The molecule has 0 heterocycles. The zero-order valence-electron chi connectivity index (χ0n) is 12.2. The van der Waals surface area contributed by atoms with Gasteiger partial charge >= 0.3 is 0 Å². The van der Waals surface area contributed by atoms with Crippen molar-refractivity contribution in [1.82, 2.24) is 10.2 Å². The van der Waals surface area contributed by atoms with Gasteiger partial charge in [-0.05, 0) is 50.2 Å². The molecular formula is C16H26N2S. The predicted octanol–water partition coefficient (Wildman–Crippen LogP) is 2.78. The molecule has 0 aliphatic heterocycles. The molecule has 1 aliphatic rings. The molecule has 2 nitrogen and oxygen atoms in total. The average Bonchev–Trinajstić information content (AvgIpc) is 3.23. The number of rotatable bonds is 9. The highest BCUT2D eigenvalue weighted by atomic mass is 32.2. The van der Waals surface area contributed by atoms with Crippen molar-refractivity contribution in [2.24, 2.45) is 0 Å². The SMILES string of the molecule is CSCCN(C)Cc1ccc(CCNC2CC2)cc1. The molecule has 1 N–H and O–H groups in total. The Morgan fingerprint density at radius 1 is 1.21 bits per heavy atom. The van der Waals surface area contributed by atoms with Crippen LogP contribution >= 0.6 is 11.8 Å². The van der Waals surface area contributed by atoms with Crippen LogP contribution in [0.5, 0.6) is 0 Å². The Bertz CT molecular complexity index is 360. The second kappa shape index (κ2) is 7.93. The minimum absolute atomic E-state index is 0.823. The van der Waals surface area contributed by atoms with Crippen molar-refractivity contribution in [3.63, 3.8) is 0 Å². The first-order valence-corrected chi connectivity index (χ1v) is 8.66. The topological polar surface area (TPSA) is 15.3 Å². The Hall–Kier alpha value is -0.510. The number of nitrogens with zero attached hydrogens (tertiary/aromatic N) is 1. The van der Waals surface area contributed by atoms with Gasteiger partial charge in [0.05, 0.1) is 0 Å². The molecule has 0 unspecified atom stereocenters. The van der Waals surface area contributed by atoms with Gasteiger partial charge in [-0.25, -0.2) is 0 Å². The first-order valence-electron chi connectivity index (χ1n) is 7.26. The number of hydrogen-bond donors (Lipinski definition) is 1. The summed E-state index contributed by atoms with van der Waals surface area (Å²) < 4.78 is 0. The van der Waals surface area contributed by atoms with Crippen molar-refractivity contribution in [3.05, 3.63) is 35.4 Å². The van der Waals surface area contributed by atoms with Crippen LogP contribution in [0.25, 0.3) is 0 Å². The molecule has 1 aromatic carbocycles. The van der Waals surface area contributed by atoms with E-state index in [1.807, 2.05) is 11.8 Å². The molecule has 19 heavy (non-hydrogen) atoms. The summed E-state index contributed by atoms with van der Waals surface area (Å²) >= 11 is 1.91. The molecular weight excluding hydrogens is 252 g/mol. The summed E-state index contributed by atoms with van der Waals surface area (Å²) in [6.45, 7) is 3.34. The van der Waals surface area contributed by atoms with Crippen LogP contribution in [0, 0.1) is 0 Å². The van der Waals surface area contributed by atoms with E-state index in [9.17, 15) is 0 Å². The molecule has 0 amide bonds. The largest absolute Gasteiger partial charge is 0.314 e. The van der Waals surface area contributed by atoms with Crippen LogP contribution in [0.4, 0.5) is 0 Å². The lowest BCUT2D eigenvalue weighted by molar-refractivity contribution is 0.349. The van der Waals surface area contributed by atoms with E-state index in [4.69, 9.17) is 0 Å². The van der Waals surface area contributed by atoms with Gasteiger partial charge in [-0.15, -0.1) is 0 Å². The molecule has 3 heteroatoms. The van der Waals surface area contributed by atoms with E-state index in [1.54, 1.807) is 0 Å². The highest BCUT2D eigenvalue weighted by Gasteiger charge is 2.19. The smallest absolute Gasteiger partial charge is 0.0231 e. The lowest BCUT2D eigenvalue weighted by Gasteiger charge is -2.16. The van der Waals surface area contributed by atoms with E-state index in [1.165, 1.54) is 29.7 Å². The van der Waals surface area contributed by atoms with Crippen molar-refractivity contribution >= 4 is 11.8 Å². The maximum absolute atomic E-state index is 3.56. The number of thioether (sulfide) groups is 1. The van der Waals surface area contributed by atoms with Gasteiger partial charge in [0.1, 0.15) is 0 Å². The van der Waals surface area contributed by atoms with Gasteiger partial charge in [0.15, 0.2) is 0 Å². The van der Waals surface area contributed by atoms with Gasteiger partial charge in [0, 0.05) is 24.9 Å². The third kappa shape index (κ3) is 5.98. The van der Waals surface area contributed by atoms with Gasteiger partial charge in [0.25, 0.3) is 0 Å². The van der Waals surface area contributed by atoms with Crippen molar-refractivity contribution in [1.29, 1.82) is 0 Å². The van der Waals surface area contributed by atoms with Gasteiger partial charge in [-0.2, -0.15) is 11.8 Å². The second-order valence-corrected chi connectivity index (χ2v) is 6.51. The molecule has 0 saturated heterocycles. The Balaban J connectivity index is 1.70. The molecule has 0 spiro atoms. The van der Waals surface area contributed by atoms with Crippen LogP contribution in [0.1, 0.15) is 24.0 Å². The predicted molar refractivity (Wildman–Crippen MR) is 85.9 cm³/mol. The number of hydrogen-bond acceptors (Lipinski definition) is 3. The maximum Gasteiger partial charge on any atom is 0.0231 e. The zero-order valence-corrected chi connectivity index (χ0v) is 13.0. The lowest BCUT2D eigenvalue weighted by Crippen LogP contribution is -2.20. The summed E-state index contributed by atoms with van der Waals surface area (Å²) in [4.78, 5) is 2.39. The van der Waals surface area contributed by atoms with E-state index in [0.717, 1.165) is 32.1 Å². The summed E-state index contributed by atoms with van der Waals surface area (Å²) in [6, 6.07) is 9.95. The van der Waals surface area contributed by atoms with Crippen LogP contribution in [0.15, 0.2) is 24.3 Å². The summed E-state index contributed by atoms with van der Waals surface area (Å²) in [5.74, 6) is 1.21. The van der Waals surface area contributed by atoms with Crippen molar-refractivity contribution in [3.8, 4) is 0 Å². The molecule has 1 fully saturated rings.